The van der Waals surface area contributed by atoms with Crippen LogP contribution < -0.4 is 10.1 Å². The Labute approximate surface area is 249 Å². The van der Waals surface area contributed by atoms with E-state index in [-0.39, 0.29) is 11.5 Å². The number of hydrogen-bond acceptors (Lipinski definition) is 6. The van der Waals surface area contributed by atoms with Crippen molar-refractivity contribution >= 4 is 30.3 Å². The third-order valence-corrected chi connectivity index (χ3v) is 14.2. The minimum absolute atomic E-state index is 0.0397. The second-order valence-corrected chi connectivity index (χ2v) is 18.6. The predicted molar refractivity (Wildman–Crippen MR) is 167 cm³/mol. The second-order valence-electron chi connectivity index (χ2n) is 12.3. The number of hydrogen-bond donors (Lipinski definition) is 3. The Morgan fingerprint density at radius 3 is 2.10 bits per heavy atom. The molecule has 0 aromatic heterocycles. The smallest absolute Gasteiger partial charge is 0.407 e. The molecule has 1 amide bonds. The minimum Gasteiger partial charge on any atom is -0.508 e. The first-order chi connectivity index (χ1) is 18.5. The fourth-order valence-electron chi connectivity index (χ4n) is 5.70. The van der Waals surface area contributed by atoms with Crippen LogP contribution in [0.1, 0.15) is 85.1 Å². The lowest BCUT2D eigenvalue weighted by molar-refractivity contribution is 0.0528. The zero-order chi connectivity index (χ0) is 30.4. The van der Waals surface area contributed by atoms with Crippen LogP contribution in [0.15, 0.2) is 34.8 Å². The predicted octanol–water partition coefficient (Wildman–Crippen LogP) is 8.41. The monoisotopic (exact) mass is 637 g/mol. The lowest BCUT2D eigenvalue weighted by atomic mass is 9.95. The maximum absolute atomic E-state index is 12.2. The van der Waals surface area contributed by atoms with Crippen molar-refractivity contribution in [2.75, 3.05) is 13.7 Å². The van der Waals surface area contributed by atoms with Crippen LogP contribution in [0.4, 0.5) is 4.79 Å². The Morgan fingerprint density at radius 2 is 1.57 bits per heavy atom. The summed E-state index contributed by atoms with van der Waals surface area (Å²) in [5, 5.41) is 24.0. The molecule has 3 N–H and O–H groups in total. The van der Waals surface area contributed by atoms with Gasteiger partial charge in [0.25, 0.3) is 0 Å². The van der Waals surface area contributed by atoms with Crippen molar-refractivity contribution in [3.8, 4) is 17.2 Å². The minimum atomic E-state index is -2.35. The van der Waals surface area contributed by atoms with Crippen LogP contribution in [0.5, 0.6) is 17.2 Å². The standard InChI is InChI=1S/C31H48BrNO6Si/c1-19(2)40(20(3)4,21(5)6)39-28(25-17-27(35)29(37-10)18-26(25)32)16-23-15-24(34)12-11-22(23)13-14-33-30(36)38-31(7,8)9/h11-12,15,17-21,28,34-35H,13-14,16H2,1-10H3,(H,33,36)/t28-/m0/s1. The first-order valence-corrected chi connectivity index (χ1v) is 17.0. The molecule has 2 rings (SSSR count). The molecule has 2 aromatic carbocycles. The third-order valence-electron chi connectivity index (χ3n) is 7.36. The number of carbonyl (C=O) groups is 1. The molecule has 0 aliphatic heterocycles. The molecule has 2 aromatic rings. The van der Waals surface area contributed by atoms with Gasteiger partial charge < -0.3 is 29.4 Å². The summed E-state index contributed by atoms with van der Waals surface area (Å²) in [6.45, 7) is 19.3. The summed E-state index contributed by atoms with van der Waals surface area (Å²) < 4.78 is 18.8. The molecule has 40 heavy (non-hydrogen) atoms. The number of ether oxygens (including phenoxy) is 2. The van der Waals surface area contributed by atoms with Gasteiger partial charge in [-0.15, -0.1) is 0 Å². The SMILES string of the molecule is COc1cc(Br)c([C@H](Cc2cc(O)ccc2CCNC(=O)OC(C)(C)C)O[Si](C(C)C)(C(C)C)C(C)C)cc1O. The molecule has 0 saturated heterocycles. The lowest BCUT2D eigenvalue weighted by Crippen LogP contribution is -2.48. The highest BCUT2D eigenvalue weighted by atomic mass is 79.9. The molecule has 0 aliphatic rings. The van der Waals surface area contributed by atoms with Gasteiger partial charge in [0.1, 0.15) is 11.4 Å². The molecule has 0 unspecified atom stereocenters. The summed E-state index contributed by atoms with van der Waals surface area (Å²) in [6.07, 6.45) is 0.164. The lowest BCUT2D eigenvalue weighted by Gasteiger charge is -2.45. The van der Waals surface area contributed by atoms with Gasteiger partial charge in [-0.2, -0.15) is 0 Å². The zero-order valence-corrected chi connectivity index (χ0v) is 28.3. The number of aromatic hydroxyl groups is 2. The highest BCUT2D eigenvalue weighted by Crippen LogP contribution is 2.47. The van der Waals surface area contributed by atoms with E-state index in [0.29, 0.717) is 41.8 Å². The van der Waals surface area contributed by atoms with Crippen molar-refractivity contribution in [1.82, 2.24) is 5.32 Å². The van der Waals surface area contributed by atoms with Crippen molar-refractivity contribution in [1.29, 1.82) is 0 Å². The average molecular weight is 639 g/mol. The Bertz CT molecular complexity index is 1120. The number of phenolic OH excluding ortho intramolecular Hbond substituents is 2. The topological polar surface area (TPSA) is 97.3 Å². The number of halogens is 1. The van der Waals surface area contributed by atoms with Gasteiger partial charge in [-0.1, -0.05) is 63.5 Å². The molecule has 224 valence electrons. The number of nitrogens with one attached hydrogen (secondary N) is 1. The maximum Gasteiger partial charge on any atom is 0.407 e. The van der Waals surface area contributed by atoms with Crippen LogP contribution >= 0.6 is 15.9 Å². The fraction of sp³-hybridized carbons (Fsp3) is 0.581. The molecule has 9 heteroatoms. The molecule has 0 bridgehead atoms. The molecule has 7 nitrogen and oxygen atoms in total. The van der Waals surface area contributed by atoms with Crippen LogP contribution in [0.25, 0.3) is 0 Å². The number of amides is 1. The summed E-state index contributed by atoms with van der Waals surface area (Å²) in [5.41, 5.74) is 3.19. The number of carbonyl (C=O) groups excluding carboxylic acids is 1. The zero-order valence-electron chi connectivity index (χ0n) is 25.7. The molecular weight excluding hydrogens is 590 g/mol. The summed E-state index contributed by atoms with van der Waals surface area (Å²) in [6, 6.07) is 8.78. The van der Waals surface area contributed by atoms with Gasteiger partial charge in [-0.05, 0) is 84.8 Å². The van der Waals surface area contributed by atoms with Gasteiger partial charge in [0.2, 0.25) is 8.32 Å². The van der Waals surface area contributed by atoms with Crippen LogP contribution in [0, 0.1) is 0 Å². The van der Waals surface area contributed by atoms with E-state index in [4.69, 9.17) is 13.9 Å². The average Bonchev–Trinajstić information content (AvgIpc) is 2.82. The summed E-state index contributed by atoms with van der Waals surface area (Å²) >= 11 is 3.70. The van der Waals surface area contributed by atoms with Gasteiger partial charge in [0.15, 0.2) is 11.5 Å². The summed E-state index contributed by atoms with van der Waals surface area (Å²) in [4.78, 5) is 12.2. The molecular formula is C31H48BrNO6Si. The van der Waals surface area contributed by atoms with Crippen LogP contribution in [-0.2, 0) is 22.0 Å². The van der Waals surface area contributed by atoms with E-state index in [1.54, 1.807) is 24.3 Å². The van der Waals surface area contributed by atoms with Gasteiger partial charge in [0, 0.05) is 17.4 Å². The Balaban J connectivity index is 2.53. The highest BCUT2D eigenvalue weighted by molar-refractivity contribution is 9.10. The Morgan fingerprint density at radius 1 is 0.975 bits per heavy atom. The number of rotatable bonds is 12. The molecule has 1 atom stereocenters. The number of alkyl carbamates (subject to hydrolysis) is 1. The van der Waals surface area contributed by atoms with Crippen molar-refractivity contribution < 1.29 is 28.9 Å². The largest absolute Gasteiger partial charge is 0.508 e. The molecule has 0 radical (unpaired) electrons. The van der Waals surface area contributed by atoms with Crippen molar-refractivity contribution in [3.63, 3.8) is 0 Å². The summed E-state index contributed by atoms with van der Waals surface area (Å²) in [5.74, 6) is 0.577. The molecule has 0 spiro atoms. The van der Waals surface area contributed by atoms with E-state index in [1.165, 1.54) is 7.11 Å². The van der Waals surface area contributed by atoms with Gasteiger partial charge in [0.05, 0.1) is 13.2 Å². The number of methoxy groups -OCH3 is 1. The Kier molecular flexibility index (Phi) is 12.0. The van der Waals surface area contributed by atoms with Gasteiger partial charge >= 0.3 is 6.09 Å². The molecule has 0 saturated carbocycles. The number of benzene rings is 2. The quantitative estimate of drug-likeness (QED) is 0.202. The summed E-state index contributed by atoms with van der Waals surface area (Å²) in [7, 11) is -0.832. The van der Waals surface area contributed by atoms with Crippen molar-refractivity contribution in [2.45, 2.75) is 103 Å². The molecule has 0 fully saturated rings. The van der Waals surface area contributed by atoms with Crippen LogP contribution in [0.2, 0.25) is 16.6 Å². The maximum atomic E-state index is 12.2. The first-order valence-electron chi connectivity index (χ1n) is 14.0. The Hall–Kier alpha value is -2.23. The first kappa shape index (κ1) is 34.0. The van der Waals surface area contributed by atoms with Crippen LogP contribution in [0.3, 0.4) is 0 Å². The highest BCUT2D eigenvalue weighted by Gasteiger charge is 2.47. The number of phenols is 2. The van der Waals surface area contributed by atoms with E-state index in [1.807, 2.05) is 26.8 Å². The normalized spacial score (nSPS) is 13.2. The second kappa shape index (κ2) is 14.1. The third kappa shape index (κ3) is 8.63. The van der Waals surface area contributed by atoms with Crippen molar-refractivity contribution in [2.24, 2.45) is 0 Å². The van der Waals surface area contributed by atoms with Crippen LogP contribution in [-0.4, -0.2) is 43.9 Å². The van der Waals surface area contributed by atoms with Crippen molar-refractivity contribution in [3.05, 3.63) is 51.5 Å². The van der Waals surface area contributed by atoms with E-state index in [0.717, 1.165) is 21.2 Å². The molecule has 0 heterocycles. The van der Waals surface area contributed by atoms with E-state index < -0.39 is 26.1 Å². The van der Waals surface area contributed by atoms with E-state index in [2.05, 4.69) is 62.8 Å². The fourth-order valence-corrected chi connectivity index (χ4v) is 11.8. The molecule has 0 aliphatic carbocycles. The van der Waals surface area contributed by atoms with Gasteiger partial charge in [-0.3, -0.25) is 0 Å². The van der Waals surface area contributed by atoms with E-state index in [9.17, 15) is 15.0 Å². The van der Waals surface area contributed by atoms with Gasteiger partial charge in [-0.25, -0.2) is 4.79 Å². The van der Waals surface area contributed by atoms with E-state index >= 15 is 0 Å².